The lowest BCUT2D eigenvalue weighted by Crippen LogP contribution is -2.60. The van der Waals surface area contributed by atoms with Crippen molar-refractivity contribution < 1.29 is 47.1 Å². The van der Waals surface area contributed by atoms with Crippen molar-refractivity contribution in [2.24, 2.45) is 5.92 Å². The molecule has 16 heteroatoms. The van der Waals surface area contributed by atoms with Crippen LogP contribution in [0.2, 0.25) is 0 Å². The van der Waals surface area contributed by atoms with Crippen LogP contribution in [0.5, 0.6) is 0 Å². The standard InChI is InChI=1S/C39H52F2N6O8/c1-23-36(51)47-17-9-13-32(47)39(54)55-22-30(37(52)46-16-8-12-31(46)38(53)45(3)24(2)34(49)42-23)44-35(50)29(20-26-18-27(40)21-28(41)19-26)43-33(48)15-14-25-10-6-4-5-7-11-25/h14-15,18-19,21,23-25,29-32H,4-13,16-17,20,22H2,1-3H3,(H,42,49)(H,43,48)(H,44,50)/t23-,24-,29-,30-,31-,32-/m0/s1. The number of esters is 1. The molecule has 300 valence electrons. The van der Waals surface area contributed by atoms with Gasteiger partial charge in [0.1, 0.15) is 54.5 Å². The molecule has 3 N–H and O–H groups in total. The number of carbonyl (C=O) groups excluding carboxylic acids is 7. The van der Waals surface area contributed by atoms with Crippen LogP contribution in [0.25, 0.3) is 0 Å². The van der Waals surface area contributed by atoms with E-state index in [1.54, 1.807) is 6.08 Å². The predicted molar refractivity (Wildman–Crippen MR) is 195 cm³/mol. The molecule has 4 fully saturated rings. The Balaban J connectivity index is 1.43. The van der Waals surface area contributed by atoms with Crippen LogP contribution in [0.3, 0.4) is 0 Å². The Morgan fingerprint density at radius 2 is 1.47 bits per heavy atom. The van der Waals surface area contributed by atoms with Crippen LogP contribution in [0.15, 0.2) is 30.4 Å². The fourth-order valence-electron chi connectivity index (χ4n) is 7.84. The maximum atomic E-state index is 14.3. The molecule has 0 unspecified atom stereocenters. The number of rotatable bonds is 7. The molecule has 0 aromatic heterocycles. The molecule has 1 aliphatic carbocycles. The Morgan fingerprint density at radius 3 is 2.13 bits per heavy atom. The van der Waals surface area contributed by atoms with Crippen molar-refractivity contribution in [2.45, 2.75) is 121 Å². The maximum Gasteiger partial charge on any atom is 0.328 e. The number of likely N-dealkylation sites (N-methyl/N-ethyl adjacent to an activating group) is 1. The van der Waals surface area contributed by atoms with E-state index in [2.05, 4.69) is 16.0 Å². The first-order valence-corrected chi connectivity index (χ1v) is 19.3. The summed E-state index contributed by atoms with van der Waals surface area (Å²) in [6, 6.07) is -4.30. The molecule has 1 aromatic rings. The number of benzene rings is 1. The van der Waals surface area contributed by atoms with E-state index >= 15 is 0 Å². The number of ether oxygens (including phenoxy) is 1. The second-order valence-electron chi connectivity index (χ2n) is 15.1. The first-order valence-electron chi connectivity index (χ1n) is 19.3. The van der Waals surface area contributed by atoms with E-state index in [0.717, 1.165) is 50.7 Å². The predicted octanol–water partition coefficient (Wildman–Crippen LogP) is 1.89. The van der Waals surface area contributed by atoms with Crippen LogP contribution in [-0.4, -0.2) is 119 Å². The zero-order valence-corrected chi connectivity index (χ0v) is 31.7. The van der Waals surface area contributed by atoms with E-state index in [4.69, 9.17) is 4.74 Å². The van der Waals surface area contributed by atoms with Gasteiger partial charge in [0.2, 0.25) is 35.4 Å². The molecule has 1 aromatic carbocycles. The third kappa shape index (κ3) is 10.5. The zero-order chi connectivity index (χ0) is 39.8. The van der Waals surface area contributed by atoms with Gasteiger partial charge in [-0.15, -0.1) is 0 Å². The summed E-state index contributed by atoms with van der Waals surface area (Å²) in [5.41, 5.74) is 0.0630. The minimum atomic E-state index is -1.56. The highest BCUT2D eigenvalue weighted by Crippen LogP contribution is 2.25. The fourth-order valence-corrected chi connectivity index (χ4v) is 7.84. The summed E-state index contributed by atoms with van der Waals surface area (Å²) in [4.78, 5) is 99.2. The molecule has 5 rings (SSSR count). The van der Waals surface area contributed by atoms with Gasteiger partial charge in [-0.3, -0.25) is 28.8 Å². The van der Waals surface area contributed by atoms with Gasteiger partial charge < -0.3 is 35.4 Å². The van der Waals surface area contributed by atoms with Gasteiger partial charge in [-0.05, 0) is 82.1 Å². The third-order valence-electron chi connectivity index (χ3n) is 11.1. The monoisotopic (exact) mass is 770 g/mol. The average Bonchev–Trinajstić information content (AvgIpc) is 3.77. The van der Waals surface area contributed by atoms with E-state index in [0.29, 0.717) is 18.9 Å². The van der Waals surface area contributed by atoms with Crippen molar-refractivity contribution >= 4 is 41.4 Å². The second kappa shape index (κ2) is 18.6. The topological polar surface area (TPSA) is 175 Å². The van der Waals surface area contributed by atoms with Crippen molar-refractivity contribution in [3.63, 3.8) is 0 Å². The van der Waals surface area contributed by atoms with Crippen LogP contribution in [0.1, 0.15) is 83.6 Å². The molecule has 55 heavy (non-hydrogen) atoms. The number of nitrogens with one attached hydrogen (secondary N) is 3. The lowest BCUT2D eigenvalue weighted by molar-refractivity contribution is -0.158. The van der Waals surface area contributed by atoms with Crippen molar-refractivity contribution in [3.05, 3.63) is 47.5 Å². The highest BCUT2D eigenvalue weighted by atomic mass is 19.1. The van der Waals surface area contributed by atoms with Gasteiger partial charge in [-0.1, -0.05) is 31.8 Å². The number of fused-ring (bicyclic) bond motifs is 2. The number of hydrogen-bond acceptors (Lipinski definition) is 8. The van der Waals surface area contributed by atoms with Crippen molar-refractivity contribution in [2.75, 3.05) is 26.7 Å². The second-order valence-corrected chi connectivity index (χ2v) is 15.1. The van der Waals surface area contributed by atoms with E-state index in [-0.39, 0.29) is 43.8 Å². The molecule has 0 radical (unpaired) electrons. The van der Waals surface area contributed by atoms with Gasteiger partial charge in [-0.25, -0.2) is 13.6 Å². The van der Waals surface area contributed by atoms with Crippen LogP contribution in [-0.2, 0) is 44.7 Å². The van der Waals surface area contributed by atoms with E-state index in [9.17, 15) is 42.3 Å². The maximum absolute atomic E-state index is 14.3. The summed E-state index contributed by atoms with van der Waals surface area (Å²) in [7, 11) is 1.42. The summed E-state index contributed by atoms with van der Waals surface area (Å²) in [5, 5.41) is 7.84. The Hall–Kier alpha value is -4.89. The normalized spacial score (nSPS) is 27.0. The quantitative estimate of drug-likeness (QED) is 0.214. The number of allylic oxidation sites excluding steroid dienone is 1. The number of amides is 6. The molecule has 6 amide bonds. The van der Waals surface area contributed by atoms with Gasteiger partial charge in [0.15, 0.2) is 0 Å². The first-order chi connectivity index (χ1) is 26.2. The zero-order valence-electron chi connectivity index (χ0n) is 31.7. The van der Waals surface area contributed by atoms with Gasteiger partial charge in [0.05, 0.1) is 0 Å². The molecule has 3 heterocycles. The summed E-state index contributed by atoms with van der Waals surface area (Å²) < 4.78 is 34.1. The minimum absolute atomic E-state index is 0.0630. The van der Waals surface area contributed by atoms with Crippen LogP contribution < -0.4 is 16.0 Å². The van der Waals surface area contributed by atoms with E-state index < -0.39 is 95.9 Å². The molecule has 0 spiro atoms. The number of cyclic esters (lactones) is 1. The Bertz CT molecular complexity index is 1650. The lowest BCUT2D eigenvalue weighted by atomic mass is 10.00. The largest absolute Gasteiger partial charge is 0.461 e. The Morgan fingerprint density at radius 1 is 0.855 bits per heavy atom. The number of carbonyl (C=O) groups is 7. The molecule has 3 aliphatic heterocycles. The van der Waals surface area contributed by atoms with E-state index in [1.807, 2.05) is 0 Å². The summed E-state index contributed by atoms with van der Waals surface area (Å²) in [5.74, 6) is -6.35. The average molecular weight is 771 g/mol. The van der Waals surface area contributed by atoms with Crippen LogP contribution >= 0.6 is 0 Å². The summed E-state index contributed by atoms with van der Waals surface area (Å²) in [6.45, 7) is 2.66. The molecule has 0 bridgehead atoms. The van der Waals surface area contributed by atoms with Crippen molar-refractivity contribution in [3.8, 4) is 0 Å². The highest BCUT2D eigenvalue weighted by Gasteiger charge is 2.43. The number of nitrogens with zero attached hydrogens (tertiary/aromatic N) is 3. The van der Waals surface area contributed by atoms with Gasteiger partial charge >= 0.3 is 5.97 Å². The third-order valence-corrected chi connectivity index (χ3v) is 11.1. The van der Waals surface area contributed by atoms with Crippen LogP contribution in [0.4, 0.5) is 8.78 Å². The molecule has 1 saturated carbocycles. The molecule has 6 atom stereocenters. The Labute approximate surface area is 319 Å². The minimum Gasteiger partial charge on any atom is -0.461 e. The number of halogens is 2. The Kier molecular flexibility index (Phi) is 14.0. The fraction of sp³-hybridized carbons (Fsp3) is 0.615. The first kappa shape index (κ1) is 41.3. The lowest BCUT2D eigenvalue weighted by Gasteiger charge is -2.34. The molecule has 14 nitrogen and oxygen atoms in total. The van der Waals surface area contributed by atoms with E-state index in [1.165, 1.54) is 41.7 Å². The number of hydrogen-bond donors (Lipinski definition) is 3. The van der Waals surface area contributed by atoms with Crippen molar-refractivity contribution in [1.29, 1.82) is 0 Å². The van der Waals surface area contributed by atoms with Gasteiger partial charge in [0, 0.05) is 32.6 Å². The summed E-state index contributed by atoms with van der Waals surface area (Å²) in [6.07, 6.45) is 10.4. The highest BCUT2D eigenvalue weighted by molar-refractivity contribution is 5.98. The van der Waals surface area contributed by atoms with Crippen molar-refractivity contribution in [1.82, 2.24) is 30.7 Å². The SMILES string of the molecule is C[C@@H]1NC(=O)[C@H](C)N(C)C(=O)[C@@H]2CCCN2C(=O)[C@@H](NC(=O)[C@H](Cc2cc(F)cc(F)c2)NC(=O)C=CC2CCCCCC2)COC(=O)[C@@H]2CCCN2C1=O. The molecular formula is C39H52F2N6O8. The molecular weight excluding hydrogens is 718 g/mol. The smallest absolute Gasteiger partial charge is 0.328 e. The van der Waals surface area contributed by atoms with Crippen LogP contribution in [0, 0.1) is 17.6 Å². The molecule has 3 saturated heterocycles. The summed E-state index contributed by atoms with van der Waals surface area (Å²) >= 11 is 0. The van der Waals surface area contributed by atoms with Gasteiger partial charge in [0.25, 0.3) is 0 Å². The van der Waals surface area contributed by atoms with Gasteiger partial charge in [-0.2, -0.15) is 0 Å². The molecule has 4 aliphatic rings.